The molecular formula is C19H18F3NO. The van der Waals surface area contributed by atoms with E-state index in [-0.39, 0.29) is 5.41 Å². The molecule has 0 aliphatic carbocycles. The van der Waals surface area contributed by atoms with Gasteiger partial charge in [0.25, 0.3) is 0 Å². The number of rotatable bonds is 1. The van der Waals surface area contributed by atoms with Gasteiger partial charge >= 0.3 is 6.18 Å². The lowest BCUT2D eigenvalue weighted by Crippen LogP contribution is -2.35. The molecule has 2 aromatic rings. The molecule has 1 spiro atoms. The van der Waals surface area contributed by atoms with Crippen LogP contribution in [0.25, 0.3) is 11.1 Å². The van der Waals surface area contributed by atoms with Crippen molar-refractivity contribution >= 4 is 5.69 Å². The van der Waals surface area contributed by atoms with Crippen LogP contribution in [0, 0.1) is 0 Å². The van der Waals surface area contributed by atoms with Crippen molar-refractivity contribution in [3.63, 3.8) is 0 Å². The van der Waals surface area contributed by atoms with Crippen LogP contribution in [0.3, 0.4) is 0 Å². The lowest BCUT2D eigenvalue weighted by molar-refractivity contribution is -0.137. The van der Waals surface area contributed by atoms with Crippen LogP contribution in [0.2, 0.25) is 0 Å². The number of hydrogen-bond acceptors (Lipinski definition) is 2. The van der Waals surface area contributed by atoms with Crippen molar-refractivity contribution in [1.82, 2.24) is 0 Å². The highest BCUT2D eigenvalue weighted by Gasteiger charge is 2.40. The Balaban J connectivity index is 1.70. The van der Waals surface area contributed by atoms with Crippen LogP contribution in [-0.4, -0.2) is 19.8 Å². The molecule has 2 aromatic carbocycles. The van der Waals surface area contributed by atoms with Gasteiger partial charge in [0.05, 0.1) is 5.56 Å². The minimum atomic E-state index is -4.30. The zero-order valence-electron chi connectivity index (χ0n) is 13.1. The SMILES string of the molecule is FC(F)(F)c1ccc(-c2ccc3c(c2)C2(CCOCC2)CN3)cc1. The predicted molar refractivity (Wildman–Crippen MR) is 87.1 cm³/mol. The van der Waals surface area contributed by atoms with Crippen LogP contribution in [0.4, 0.5) is 18.9 Å². The van der Waals surface area contributed by atoms with Crippen molar-refractivity contribution in [2.45, 2.75) is 24.4 Å². The fourth-order valence-electron chi connectivity index (χ4n) is 3.74. The summed E-state index contributed by atoms with van der Waals surface area (Å²) in [6, 6.07) is 11.5. The summed E-state index contributed by atoms with van der Waals surface area (Å²) < 4.78 is 43.7. The predicted octanol–water partition coefficient (Wildman–Crippen LogP) is 4.85. The summed E-state index contributed by atoms with van der Waals surface area (Å²) in [5.41, 5.74) is 3.64. The van der Waals surface area contributed by atoms with Crippen LogP contribution in [0.5, 0.6) is 0 Å². The molecular weight excluding hydrogens is 315 g/mol. The third-order valence-corrected chi connectivity index (χ3v) is 5.20. The second kappa shape index (κ2) is 5.52. The third kappa shape index (κ3) is 2.57. The molecule has 1 fully saturated rings. The number of ether oxygens (including phenoxy) is 1. The molecule has 0 aromatic heterocycles. The molecule has 5 heteroatoms. The number of anilines is 1. The summed E-state index contributed by atoms with van der Waals surface area (Å²) in [4.78, 5) is 0. The molecule has 126 valence electrons. The lowest BCUT2D eigenvalue weighted by atomic mass is 9.75. The van der Waals surface area contributed by atoms with Gasteiger partial charge in [-0.05, 0) is 53.8 Å². The fraction of sp³-hybridized carbons (Fsp3) is 0.368. The summed E-state index contributed by atoms with van der Waals surface area (Å²) in [5.74, 6) is 0. The van der Waals surface area contributed by atoms with Crippen molar-refractivity contribution in [2.75, 3.05) is 25.1 Å². The lowest BCUT2D eigenvalue weighted by Gasteiger charge is -2.33. The molecule has 2 nitrogen and oxygen atoms in total. The minimum absolute atomic E-state index is 0.0928. The highest BCUT2D eigenvalue weighted by molar-refractivity contribution is 5.72. The van der Waals surface area contributed by atoms with E-state index in [0.717, 1.165) is 61.5 Å². The van der Waals surface area contributed by atoms with Gasteiger partial charge in [0.15, 0.2) is 0 Å². The highest BCUT2D eigenvalue weighted by Crippen LogP contribution is 2.45. The van der Waals surface area contributed by atoms with Gasteiger partial charge < -0.3 is 10.1 Å². The van der Waals surface area contributed by atoms with Crippen LogP contribution in [-0.2, 0) is 16.3 Å². The summed E-state index contributed by atoms with van der Waals surface area (Å²) in [5, 5.41) is 3.46. The zero-order valence-corrected chi connectivity index (χ0v) is 13.1. The van der Waals surface area contributed by atoms with Crippen molar-refractivity contribution in [1.29, 1.82) is 0 Å². The first kappa shape index (κ1) is 15.5. The normalized spacial score (nSPS) is 19.1. The largest absolute Gasteiger partial charge is 0.416 e. The quantitative estimate of drug-likeness (QED) is 0.806. The van der Waals surface area contributed by atoms with E-state index in [1.807, 2.05) is 12.1 Å². The molecule has 0 amide bonds. The van der Waals surface area contributed by atoms with Gasteiger partial charge in [-0.25, -0.2) is 0 Å². The standard InChI is InChI=1S/C19H18F3NO/c20-19(21,22)15-4-1-13(2-5-15)14-3-6-17-16(11-14)18(12-23-17)7-9-24-10-8-18/h1-6,11,23H,7-10,12H2. The van der Waals surface area contributed by atoms with Crippen LogP contribution >= 0.6 is 0 Å². The van der Waals surface area contributed by atoms with Gasteiger partial charge in [0.2, 0.25) is 0 Å². The first-order chi connectivity index (χ1) is 11.5. The number of nitrogens with one attached hydrogen (secondary N) is 1. The Labute approximate surface area is 138 Å². The number of alkyl halides is 3. The molecule has 2 heterocycles. The number of halogens is 3. The van der Waals surface area contributed by atoms with Crippen molar-refractivity contribution in [3.05, 3.63) is 53.6 Å². The maximum absolute atomic E-state index is 12.7. The van der Waals surface area contributed by atoms with Gasteiger partial charge in [-0.1, -0.05) is 18.2 Å². The number of benzene rings is 2. The van der Waals surface area contributed by atoms with E-state index in [9.17, 15) is 13.2 Å². The van der Waals surface area contributed by atoms with E-state index >= 15 is 0 Å². The van der Waals surface area contributed by atoms with E-state index in [2.05, 4.69) is 11.4 Å². The molecule has 1 N–H and O–H groups in total. The Bertz CT molecular complexity index is 741. The van der Waals surface area contributed by atoms with Crippen LogP contribution in [0.15, 0.2) is 42.5 Å². The molecule has 0 unspecified atom stereocenters. The molecule has 0 saturated carbocycles. The maximum atomic E-state index is 12.7. The summed E-state index contributed by atoms with van der Waals surface area (Å²) in [6.07, 6.45) is -2.35. The summed E-state index contributed by atoms with van der Waals surface area (Å²) >= 11 is 0. The Hall–Kier alpha value is -2.01. The second-order valence-corrected chi connectivity index (χ2v) is 6.58. The molecule has 2 aliphatic heterocycles. The molecule has 1 saturated heterocycles. The summed E-state index contributed by atoms with van der Waals surface area (Å²) in [6.45, 7) is 2.42. The molecule has 2 aliphatic rings. The van der Waals surface area contributed by atoms with Gasteiger partial charge in [0.1, 0.15) is 0 Å². The Morgan fingerprint density at radius 2 is 1.58 bits per heavy atom. The maximum Gasteiger partial charge on any atom is 0.416 e. The number of hydrogen-bond donors (Lipinski definition) is 1. The van der Waals surface area contributed by atoms with Gasteiger partial charge in [-0.2, -0.15) is 13.2 Å². The first-order valence-electron chi connectivity index (χ1n) is 8.12. The van der Waals surface area contributed by atoms with Crippen molar-refractivity contribution < 1.29 is 17.9 Å². The molecule has 0 radical (unpaired) electrons. The zero-order chi connectivity index (χ0) is 16.8. The highest BCUT2D eigenvalue weighted by atomic mass is 19.4. The second-order valence-electron chi connectivity index (χ2n) is 6.58. The first-order valence-corrected chi connectivity index (χ1v) is 8.12. The molecule has 0 bridgehead atoms. The van der Waals surface area contributed by atoms with Crippen LogP contribution < -0.4 is 5.32 Å². The van der Waals surface area contributed by atoms with Gasteiger partial charge in [0, 0.05) is 30.9 Å². The average molecular weight is 333 g/mol. The topological polar surface area (TPSA) is 21.3 Å². The Morgan fingerprint density at radius 1 is 0.917 bits per heavy atom. The van der Waals surface area contributed by atoms with E-state index in [0.29, 0.717) is 0 Å². The third-order valence-electron chi connectivity index (χ3n) is 5.20. The molecule has 24 heavy (non-hydrogen) atoms. The smallest absolute Gasteiger partial charge is 0.384 e. The van der Waals surface area contributed by atoms with E-state index in [1.165, 1.54) is 5.56 Å². The van der Waals surface area contributed by atoms with E-state index < -0.39 is 11.7 Å². The van der Waals surface area contributed by atoms with Crippen molar-refractivity contribution in [2.24, 2.45) is 0 Å². The van der Waals surface area contributed by atoms with E-state index in [4.69, 9.17) is 4.74 Å². The van der Waals surface area contributed by atoms with Gasteiger partial charge in [-0.3, -0.25) is 0 Å². The molecule has 4 rings (SSSR count). The fourth-order valence-corrected chi connectivity index (χ4v) is 3.74. The minimum Gasteiger partial charge on any atom is -0.384 e. The molecule has 0 atom stereocenters. The Morgan fingerprint density at radius 3 is 2.25 bits per heavy atom. The van der Waals surface area contributed by atoms with E-state index in [1.54, 1.807) is 12.1 Å². The van der Waals surface area contributed by atoms with Crippen LogP contribution in [0.1, 0.15) is 24.0 Å². The van der Waals surface area contributed by atoms with Crippen molar-refractivity contribution in [3.8, 4) is 11.1 Å². The average Bonchev–Trinajstić information content (AvgIpc) is 2.93. The Kier molecular flexibility index (Phi) is 3.57. The summed E-state index contributed by atoms with van der Waals surface area (Å²) in [7, 11) is 0. The number of fused-ring (bicyclic) bond motifs is 2. The van der Waals surface area contributed by atoms with Gasteiger partial charge in [-0.15, -0.1) is 0 Å². The monoisotopic (exact) mass is 333 g/mol.